The van der Waals surface area contributed by atoms with Crippen LogP contribution < -0.4 is 16.1 Å². The molecule has 0 amide bonds. The van der Waals surface area contributed by atoms with Gasteiger partial charge in [-0.1, -0.05) is 36.4 Å². The number of thiocarbonyl (C=S) groups is 1. The highest BCUT2D eigenvalue weighted by atomic mass is 79.9. The molecule has 1 saturated heterocycles. The van der Waals surface area contributed by atoms with Crippen LogP contribution in [0.1, 0.15) is 17.5 Å². The van der Waals surface area contributed by atoms with Crippen LogP contribution in [0.25, 0.3) is 0 Å². The van der Waals surface area contributed by atoms with Gasteiger partial charge in [0.15, 0.2) is 5.11 Å². The molecule has 3 N–H and O–H groups in total. The van der Waals surface area contributed by atoms with E-state index in [1.807, 2.05) is 0 Å². The first-order valence-electron chi connectivity index (χ1n) is 9.01. The van der Waals surface area contributed by atoms with Crippen LogP contribution in [0.4, 0.5) is 5.69 Å². The van der Waals surface area contributed by atoms with Crippen molar-refractivity contribution in [3.8, 4) is 0 Å². The van der Waals surface area contributed by atoms with E-state index in [1.165, 1.54) is 11.3 Å². The number of halogens is 1. The third kappa shape index (κ3) is 6.02. The molecule has 1 aliphatic rings. The summed E-state index contributed by atoms with van der Waals surface area (Å²) < 4.78 is 1.07. The molecule has 142 valence electrons. The molecule has 0 aromatic heterocycles. The number of hydrogen-bond acceptors (Lipinski definition) is 4. The average molecular weight is 446 g/mol. The van der Waals surface area contributed by atoms with Crippen molar-refractivity contribution in [2.75, 3.05) is 31.1 Å². The maximum atomic E-state index is 5.37. The Balaban J connectivity index is 1.61. The van der Waals surface area contributed by atoms with E-state index < -0.39 is 0 Å². The molecule has 0 atom stereocenters. The van der Waals surface area contributed by atoms with Crippen LogP contribution in [0, 0.1) is 0 Å². The third-order valence-electron chi connectivity index (χ3n) is 4.54. The first-order valence-corrected chi connectivity index (χ1v) is 10.2. The quantitative estimate of drug-likeness (QED) is 0.419. The lowest BCUT2D eigenvalue weighted by atomic mass is 10.2. The lowest BCUT2D eigenvalue weighted by Crippen LogP contribution is -2.30. The van der Waals surface area contributed by atoms with Crippen LogP contribution in [0.2, 0.25) is 0 Å². The van der Waals surface area contributed by atoms with Gasteiger partial charge in [-0.2, -0.15) is 5.10 Å². The van der Waals surface area contributed by atoms with E-state index in [1.54, 1.807) is 6.21 Å². The number of nitrogens with one attached hydrogen (secondary N) is 1. The van der Waals surface area contributed by atoms with Crippen molar-refractivity contribution in [2.24, 2.45) is 10.8 Å². The molecule has 1 heterocycles. The van der Waals surface area contributed by atoms with Crippen molar-refractivity contribution in [2.45, 2.75) is 13.0 Å². The normalized spacial score (nSPS) is 15.7. The molecule has 2 aromatic rings. The standard InChI is InChI=1S/C20H24BrN5S/c21-18-13-17(14-23-24-20(22)27)7-8-19(18)26-10-4-9-25(11-12-26)15-16-5-2-1-3-6-16/h1-3,5-8,13-14H,4,9-12,15H2,(H3,22,24,27)/b23-14+. The maximum absolute atomic E-state index is 5.37. The molecule has 2 aromatic carbocycles. The summed E-state index contributed by atoms with van der Waals surface area (Å²) >= 11 is 8.45. The van der Waals surface area contributed by atoms with Gasteiger partial charge in [0.25, 0.3) is 0 Å². The zero-order valence-electron chi connectivity index (χ0n) is 15.1. The summed E-state index contributed by atoms with van der Waals surface area (Å²) in [6.07, 6.45) is 2.86. The first kappa shape index (κ1) is 19.8. The predicted octanol–water partition coefficient (Wildman–Crippen LogP) is 3.33. The molecule has 1 aliphatic heterocycles. The van der Waals surface area contributed by atoms with Crippen molar-refractivity contribution in [3.63, 3.8) is 0 Å². The number of nitrogens with two attached hydrogens (primary N) is 1. The monoisotopic (exact) mass is 445 g/mol. The number of nitrogens with zero attached hydrogens (tertiary/aromatic N) is 3. The van der Waals surface area contributed by atoms with E-state index in [9.17, 15) is 0 Å². The Bertz CT molecular complexity index is 796. The SMILES string of the molecule is NC(=S)N/N=C/c1ccc(N2CCCN(Cc3ccccc3)CC2)c(Br)c1. The topological polar surface area (TPSA) is 56.9 Å². The van der Waals surface area contributed by atoms with Gasteiger partial charge in [0.05, 0.1) is 11.9 Å². The van der Waals surface area contributed by atoms with Crippen LogP contribution in [0.15, 0.2) is 58.1 Å². The molecule has 27 heavy (non-hydrogen) atoms. The Hall–Kier alpha value is -1.96. The summed E-state index contributed by atoms with van der Waals surface area (Å²) in [7, 11) is 0. The lowest BCUT2D eigenvalue weighted by molar-refractivity contribution is 0.285. The van der Waals surface area contributed by atoms with Crippen molar-refractivity contribution < 1.29 is 0 Å². The van der Waals surface area contributed by atoms with Gasteiger partial charge in [-0.25, -0.2) is 0 Å². The van der Waals surface area contributed by atoms with E-state index in [4.69, 9.17) is 18.0 Å². The summed E-state index contributed by atoms with van der Waals surface area (Å²) in [5.41, 5.74) is 11.5. The number of hydrazone groups is 1. The van der Waals surface area contributed by atoms with E-state index in [-0.39, 0.29) is 5.11 Å². The molecule has 0 bridgehead atoms. The summed E-state index contributed by atoms with van der Waals surface area (Å²) in [6, 6.07) is 16.9. The third-order valence-corrected chi connectivity index (χ3v) is 5.26. The van der Waals surface area contributed by atoms with Crippen molar-refractivity contribution >= 4 is 45.2 Å². The second kappa shape index (κ2) is 9.82. The fourth-order valence-corrected chi connectivity index (χ4v) is 3.94. The summed E-state index contributed by atoms with van der Waals surface area (Å²) in [5, 5.41) is 4.17. The van der Waals surface area contributed by atoms with Gasteiger partial charge in [-0.05, 0) is 57.8 Å². The van der Waals surface area contributed by atoms with Crippen LogP contribution >= 0.6 is 28.1 Å². The maximum Gasteiger partial charge on any atom is 0.184 e. The van der Waals surface area contributed by atoms with E-state index in [0.29, 0.717) is 0 Å². The number of rotatable bonds is 5. The average Bonchev–Trinajstić information content (AvgIpc) is 2.88. The highest BCUT2D eigenvalue weighted by Gasteiger charge is 2.17. The van der Waals surface area contributed by atoms with E-state index >= 15 is 0 Å². The largest absolute Gasteiger partial charge is 0.375 e. The number of benzene rings is 2. The molecule has 0 radical (unpaired) electrons. The Labute approximate surface area is 174 Å². The fraction of sp³-hybridized carbons (Fsp3) is 0.300. The molecule has 7 heteroatoms. The van der Waals surface area contributed by atoms with E-state index in [2.05, 4.69) is 84.8 Å². The predicted molar refractivity (Wildman–Crippen MR) is 120 cm³/mol. The Morgan fingerprint density at radius 2 is 1.96 bits per heavy atom. The number of hydrogen-bond donors (Lipinski definition) is 2. The van der Waals surface area contributed by atoms with Gasteiger partial charge >= 0.3 is 0 Å². The summed E-state index contributed by atoms with van der Waals surface area (Å²) in [4.78, 5) is 4.98. The van der Waals surface area contributed by atoms with Crippen LogP contribution in [0.5, 0.6) is 0 Å². The Morgan fingerprint density at radius 1 is 1.15 bits per heavy atom. The molecule has 1 fully saturated rings. The molecule has 3 rings (SSSR count). The minimum absolute atomic E-state index is 0.159. The summed E-state index contributed by atoms with van der Waals surface area (Å²) in [5.74, 6) is 0. The van der Waals surface area contributed by atoms with Crippen LogP contribution in [0.3, 0.4) is 0 Å². The Kier molecular flexibility index (Phi) is 7.20. The first-order chi connectivity index (χ1) is 13.1. The zero-order chi connectivity index (χ0) is 19.1. The van der Waals surface area contributed by atoms with Crippen molar-refractivity contribution in [3.05, 3.63) is 64.1 Å². The minimum atomic E-state index is 0.159. The molecule has 0 spiro atoms. The summed E-state index contributed by atoms with van der Waals surface area (Å²) in [6.45, 7) is 5.27. The molecule has 0 unspecified atom stereocenters. The van der Waals surface area contributed by atoms with Gasteiger partial charge in [0, 0.05) is 37.2 Å². The number of anilines is 1. The molecule has 0 saturated carbocycles. The van der Waals surface area contributed by atoms with Crippen LogP contribution in [-0.4, -0.2) is 42.4 Å². The molecular weight excluding hydrogens is 422 g/mol. The van der Waals surface area contributed by atoms with Gasteiger partial charge in [-0.15, -0.1) is 0 Å². The van der Waals surface area contributed by atoms with E-state index in [0.717, 1.165) is 49.2 Å². The molecule has 0 aliphatic carbocycles. The smallest absolute Gasteiger partial charge is 0.184 e. The lowest BCUT2D eigenvalue weighted by Gasteiger charge is -2.25. The van der Waals surface area contributed by atoms with Crippen LogP contribution in [-0.2, 0) is 6.54 Å². The second-order valence-electron chi connectivity index (χ2n) is 6.55. The van der Waals surface area contributed by atoms with Gasteiger partial charge in [0.1, 0.15) is 0 Å². The van der Waals surface area contributed by atoms with Gasteiger partial charge in [0.2, 0.25) is 0 Å². The highest BCUT2D eigenvalue weighted by Crippen LogP contribution is 2.28. The zero-order valence-corrected chi connectivity index (χ0v) is 17.5. The van der Waals surface area contributed by atoms with Gasteiger partial charge in [-0.3, -0.25) is 10.3 Å². The molecular formula is C20H24BrN5S. The molecule has 5 nitrogen and oxygen atoms in total. The van der Waals surface area contributed by atoms with Crippen molar-refractivity contribution in [1.82, 2.24) is 10.3 Å². The van der Waals surface area contributed by atoms with Crippen molar-refractivity contribution in [1.29, 1.82) is 0 Å². The highest BCUT2D eigenvalue weighted by molar-refractivity contribution is 9.10. The minimum Gasteiger partial charge on any atom is -0.375 e. The Morgan fingerprint density at radius 3 is 2.70 bits per heavy atom. The fourth-order valence-electron chi connectivity index (χ4n) is 3.24. The second-order valence-corrected chi connectivity index (χ2v) is 7.84. The van der Waals surface area contributed by atoms with Gasteiger partial charge < -0.3 is 10.6 Å².